The van der Waals surface area contributed by atoms with E-state index in [2.05, 4.69) is 38.0 Å². The number of nitrogens with one attached hydrogen (secondary N) is 1. The quantitative estimate of drug-likeness (QED) is 0.400. The first-order valence-corrected chi connectivity index (χ1v) is 7.73. The zero-order valence-electron chi connectivity index (χ0n) is 10.6. The van der Waals surface area contributed by atoms with Crippen molar-refractivity contribution in [2.24, 2.45) is 5.84 Å². The number of aromatic nitrogens is 2. The summed E-state index contributed by atoms with van der Waals surface area (Å²) in [6.45, 7) is 2.02. The highest BCUT2D eigenvalue weighted by Gasteiger charge is 2.12. The van der Waals surface area contributed by atoms with Gasteiger partial charge in [-0.3, -0.25) is 5.43 Å². The zero-order valence-corrected chi connectivity index (χ0v) is 13.5. The first-order valence-electron chi connectivity index (χ1n) is 5.84. The molecule has 2 heterocycles. The molecule has 0 atom stereocenters. The molecule has 0 fully saturated rings. The monoisotopic (exact) mass is 398 g/mol. The van der Waals surface area contributed by atoms with Crippen LogP contribution in [0.2, 0.25) is 0 Å². The Kier molecular flexibility index (Phi) is 3.72. The average Bonchev–Trinajstić information content (AvgIpc) is 2.79. The van der Waals surface area contributed by atoms with E-state index in [4.69, 9.17) is 10.6 Å². The molecule has 0 saturated heterocycles. The summed E-state index contributed by atoms with van der Waals surface area (Å²) >= 11 is 3.82. The van der Waals surface area contributed by atoms with Crippen LogP contribution in [0.5, 0.6) is 11.6 Å². The van der Waals surface area contributed by atoms with Crippen LogP contribution in [0.1, 0.15) is 4.88 Å². The van der Waals surface area contributed by atoms with E-state index in [0.29, 0.717) is 11.8 Å². The Balaban J connectivity index is 2.09. The van der Waals surface area contributed by atoms with Crippen molar-refractivity contribution in [2.45, 2.75) is 6.92 Å². The van der Waals surface area contributed by atoms with Crippen molar-refractivity contribution in [3.05, 3.63) is 38.8 Å². The summed E-state index contributed by atoms with van der Waals surface area (Å²) in [5.74, 6) is 7.00. The summed E-state index contributed by atoms with van der Waals surface area (Å²) < 4.78 is 6.98. The van der Waals surface area contributed by atoms with Gasteiger partial charge in [0.05, 0.1) is 5.39 Å². The van der Waals surface area contributed by atoms with Crippen molar-refractivity contribution < 1.29 is 4.74 Å². The molecule has 3 rings (SSSR count). The first kappa shape index (κ1) is 13.5. The van der Waals surface area contributed by atoms with E-state index in [1.165, 1.54) is 0 Å². The van der Waals surface area contributed by atoms with Crippen molar-refractivity contribution in [2.75, 3.05) is 5.43 Å². The van der Waals surface area contributed by atoms with Crippen LogP contribution >= 0.6 is 33.9 Å². The molecule has 20 heavy (non-hydrogen) atoms. The number of nitrogens with two attached hydrogens (primary N) is 1. The lowest BCUT2D eigenvalue weighted by Crippen LogP contribution is -2.10. The molecule has 7 heteroatoms. The predicted octanol–water partition coefficient (Wildman–Crippen LogP) is 3.68. The number of benzene rings is 1. The minimum atomic E-state index is 0.347. The van der Waals surface area contributed by atoms with Crippen LogP contribution in [0.25, 0.3) is 10.2 Å². The second kappa shape index (κ2) is 5.51. The number of halogens is 1. The van der Waals surface area contributed by atoms with Gasteiger partial charge in [-0.1, -0.05) is 6.07 Å². The number of thiophene rings is 1. The Morgan fingerprint density at radius 3 is 2.90 bits per heavy atom. The summed E-state index contributed by atoms with van der Waals surface area (Å²) in [5, 5.41) is 0.894. The lowest BCUT2D eigenvalue weighted by molar-refractivity contribution is 0.469. The molecule has 3 aromatic rings. The maximum absolute atomic E-state index is 5.88. The molecular formula is C13H11IN4OS. The van der Waals surface area contributed by atoms with Gasteiger partial charge in [0.25, 0.3) is 0 Å². The third kappa shape index (κ3) is 2.69. The second-order valence-electron chi connectivity index (χ2n) is 4.13. The van der Waals surface area contributed by atoms with Gasteiger partial charge in [-0.2, -0.15) is 4.98 Å². The molecule has 0 aliphatic carbocycles. The Morgan fingerprint density at radius 1 is 1.30 bits per heavy atom. The average molecular weight is 398 g/mol. The highest BCUT2D eigenvalue weighted by molar-refractivity contribution is 14.1. The molecule has 0 aliphatic heterocycles. The van der Waals surface area contributed by atoms with E-state index >= 15 is 0 Å². The second-order valence-corrected chi connectivity index (χ2v) is 6.61. The predicted molar refractivity (Wildman–Crippen MR) is 89.2 cm³/mol. The first-order chi connectivity index (χ1) is 9.65. The molecule has 102 valence electrons. The molecule has 0 bridgehead atoms. The van der Waals surface area contributed by atoms with E-state index in [0.717, 1.165) is 24.4 Å². The number of hydrogen-bond donors (Lipinski definition) is 2. The van der Waals surface area contributed by atoms with Crippen LogP contribution in [0, 0.1) is 10.5 Å². The third-order valence-corrected chi connectivity index (χ3v) is 4.24. The molecule has 2 aromatic heterocycles. The summed E-state index contributed by atoms with van der Waals surface area (Å²) in [4.78, 5) is 10.6. The van der Waals surface area contributed by atoms with Crippen molar-refractivity contribution >= 4 is 50.1 Å². The Hall–Kier alpha value is -1.45. The van der Waals surface area contributed by atoms with Crippen molar-refractivity contribution in [3.8, 4) is 11.6 Å². The highest BCUT2D eigenvalue weighted by Crippen LogP contribution is 2.33. The van der Waals surface area contributed by atoms with Crippen molar-refractivity contribution in [1.29, 1.82) is 0 Å². The fourth-order valence-corrected chi connectivity index (χ4v) is 3.18. The highest BCUT2D eigenvalue weighted by atomic mass is 127. The van der Waals surface area contributed by atoms with E-state index < -0.39 is 0 Å². The summed E-state index contributed by atoms with van der Waals surface area (Å²) in [6.07, 6.45) is 0. The number of ether oxygens (including phenoxy) is 1. The number of hydrogen-bond acceptors (Lipinski definition) is 6. The van der Waals surface area contributed by atoms with Crippen LogP contribution in [-0.4, -0.2) is 9.97 Å². The van der Waals surface area contributed by atoms with Crippen LogP contribution in [0.4, 0.5) is 5.95 Å². The molecule has 0 radical (unpaired) electrons. The fraction of sp³-hybridized carbons (Fsp3) is 0.0769. The molecule has 0 aliphatic rings. The van der Waals surface area contributed by atoms with Gasteiger partial charge in [-0.15, -0.1) is 11.3 Å². The number of nitrogen functional groups attached to an aromatic ring is 1. The maximum atomic E-state index is 5.88. The minimum Gasteiger partial charge on any atom is -0.438 e. The number of aryl methyl sites for hydroxylation is 1. The fourth-order valence-electron chi connectivity index (χ4n) is 1.80. The van der Waals surface area contributed by atoms with Gasteiger partial charge < -0.3 is 4.74 Å². The van der Waals surface area contributed by atoms with E-state index in [9.17, 15) is 0 Å². The third-order valence-electron chi connectivity index (χ3n) is 2.62. The van der Waals surface area contributed by atoms with E-state index in [1.54, 1.807) is 11.3 Å². The SMILES string of the molecule is Cc1cc2c(Oc3cccc(I)c3)nc(NN)nc2s1. The topological polar surface area (TPSA) is 73.1 Å². The summed E-state index contributed by atoms with van der Waals surface area (Å²) in [5.41, 5.74) is 2.47. The van der Waals surface area contributed by atoms with Gasteiger partial charge in [0, 0.05) is 8.45 Å². The van der Waals surface area contributed by atoms with Gasteiger partial charge in [0.1, 0.15) is 10.6 Å². The normalized spacial score (nSPS) is 10.8. The molecule has 3 N–H and O–H groups in total. The van der Waals surface area contributed by atoms with Gasteiger partial charge in [0.2, 0.25) is 11.8 Å². The Bertz CT molecular complexity index is 774. The van der Waals surface area contributed by atoms with Gasteiger partial charge in [0.15, 0.2) is 0 Å². The van der Waals surface area contributed by atoms with Crippen LogP contribution in [-0.2, 0) is 0 Å². The number of fused-ring (bicyclic) bond motifs is 1. The molecular weight excluding hydrogens is 387 g/mol. The largest absolute Gasteiger partial charge is 0.438 e. The molecule has 1 aromatic carbocycles. The number of nitrogens with zero attached hydrogens (tertiary/aromatic N) is 2. The van der Waals surface area contributed by atoms with Gasteiger partial charge in [-0.25, -0.2) is 10.8 Å². The van der Waals surface area contributed by atoms with Crippen LogP contribution < -0.4 is 16.0 Å². The summed E-state index contributed by atoms with van der Waals surface area (Å²) in [6, 6.07) is 9.80. The van der Waals surface area contributed by atoms with Crippen LogP contribution in [0.15, 0.2) is 30.3 Å². The van der Waals surface area contributed by atoms with Gasteiger partial charge in [-0.05, 0) is 53.8 Å². The Labute approximate surface area is 133 Å². The molecule has 0 unspecified atom stereocenters. The van der Waals surface area contributed by atoms with Crippen molar-refractivity contribution in [1.82, 2.24) is 9.97 Å². The number of rotatable bonds is 3. The van der Waals surface area contributed by atoms with E-state index in [-0.39, 0.29) is 0 Å². The molecule has 0 spiro atoms. The van der Waals surface area contributed by atoms with E-state index in [1.807, 2.05) is 37.3 Å². The minimum absolute atomic E-state index is 0.347. The lowest BCUT2D eigenvalue weighted by Gasteiger charge is -2.07. The zero-order chi connectivity index (χ0) is 14.1. The number of anilines is 1. The standard InChI is InChI=1S/C13H11IN4OS/c1-7-5-10-11(16-13(18-15)17-12(10)20-7)19-9-4-2-3-8(14)6-9/h2-6H,15H2,1H3,(H,16,17,18). The molecule has 0 amide bonds. The smallest absolute Gasteiger partial charge is 0.241 e. The molecule has 0 saturated carbocycles. The lowest BCUT2D eigenvalue weighted by atomic mass is 10.3. The number of hydrazine groups is 1. The van der Waals surface area contributed by atoms with Crippen molar-refractivity contribution in [3.63, 3.8) is 0 Å². The van der Waals surface area contributed by atoms with Gasteiger partial charge >= 0.3 is 0 Å². The Morgan fingerprint density at radius 2 is 2.15 bits per heavy atom. The molecule has 5 nitrogen and oxygen atoms in total. The summed E-state index contributed by atoms with van der Waals surface area (Å²) in [7, 11) is 0. The van der Waals surface area contributed by atoms with Crippen LogP contribution in [0.3, 0.4) is 0 Å². The maximum Gasteiger partial charge on any atom is 0.241 e.